The van der Waals surface area contributed by atoms with Crippen LogP contribution in [0, 0.1) is 0 Å². The standard InChI is InChI=1S/C29H31F2N4O3P/c30-29(31,39)18-33-27(38)28(23-11-3-1-8-20(23)21-9-2-4-12-24(21)28)13-5-6-15-35-16-19(17-35)34-26(37)22-10-7-14-32-25(22)36/h1-4,7-12,14,19H,5-6,13,15-18,39H2,(H,32,36)(H,33,38)(H,34,37). The van der Waals surface area contributed by atoms with Crippen molar-refractivity contribution in [1.82, 2.24) is 20.5 Å². The Bertz CT molecular complexity index is 1390. The number of carbonyl (C=O) groups is 2. The fraction of sp³-hybridized carbons (Fsp3) is 0.345. The predicted molar refractivity (Wildman–Crippen MR) is 149 cm³/mol. The van der Waals surface area contributed by atoms with Gasteiger partial charge in [-0.25, -0.2) is 8.78 Å². The second-order valence-corrected chi connectivity index (χ2v) is 11.1. The Balaban J connectivity index is 1.23. The van der Waals surface area contributed by atoms with Crippen molar-refractivity contribution in [2.75, 3.05) is 26.2 Å². The predicted octanol–water partition coefficient (Wildman–Crippen LogP) is 3.51. The monoisotopic (exact) mass is 552 g/mol. The van der Waals surface area contributed by atoms with Crippen LogP contribution in [0.1, 0.15) is 40.7 Å². The molecule has 3 aromatic rings. The lowest BCUT2D eigenvalue weighted by Gasteiger charge is -2.39. The van der Waals surface area contributed by atoms with Gasteiger partial charge >= 0.3 is 0 Å². The zero-order chi connectivity index (χ0) is 27.6. The molecule has 1 fully saturated rings. The zero-order valence-electron chi connectivity index (χ0n) is 21.4. The number of nitrogens with one attached hydrogen (secondary N) is 3. The van der Waals surface area contributed by atoms with Gasteiger partial charge in [-0.05, 0) is 53.8 Å². The van der Waals surface area contributed by atoms with Crippen LogP contribution < -0.4 is 16.2 Å². The number of amides is 2. The Morgan fingerprint density at radius 3 is 2.26 bits per heavy atom. The second-order valence-electron chi connectivity index (χ2n) is 10.2. The van der Waals surface area contributed by atoms with Crippen molar-refractivity contribution in [3.63, 3.8) is 0 Å². The Hall–Kier alpha value is -3.42. The molecule has 2 aliphatic rings. The maximum atomic E-state index is 13.7. The number of aromatic amines is 1. The number of carbonyl (C=O) groups excluding carboxylic acids is 2. The minimum atomic E-state index is -3.09. The number of halogens is 2. The van der Waals surface area contributed by atoms with E-state index in [1.54, 1.807) is 6.07 Å². The smallest absolute Gasteiger partial charge is 0.275 e. The lowest BCUT2D eigenvalue weighted by Crippen LogP contribution is -2.59. The van der Waals surface area contributed by atoms with Crippen LogP contribution in [0.3, 0.4) is 0 Å². The van der Waals surface area contributed by atoms with Crippen LogP contribution in [-0.2, 0) is 10.2 Å². The molecule has 39 heavy (non-hydrogen) atoms. The van der Waals surface area contributed by atoms with Crippen molar-refractivity contribution >= 4 is 21.1 Å². The van der Waals surface area contributed by atoms with E-state index in [9.17, 15) is 23.2 Å². The second kappa shape index (κ2) is 11.0. The van der Waals surface area contributed by atoms with Crippen molar-refractivity contribution in [3.8, 4) is 11.1 Å². The summed E-state index contributed by atoms with van der Waals surface area (Å²) in [6.07, 6.45) is 3.48. The van der Waals surface area contributed by atoms with Crippen LogP contribution in [0.25, 0.3) is 11.1 Å². The van der Waals surface area contributed by atoms with Gasteiger partial charge in [0.05, 0.1) is 12.6 Å². The molecule has 1 aliphatic heterocycles. The van der Waals surface area contributed by atoms with Gasteiger partial charge in [0.15, 0.2) is 0 Å². The number of likely N-dealkylation sites (tertiary alicyclic amines) is 1. The fourth-order valence-corrected chi connectivity index (χ4v) is 5.84. The normalized spacial score (nSPS) is 16.2. The summed E-state index contributed by atoms with van der Waals surface area (Å²) in [7, 11) is 1.48. The maximum Gasteiger partial charge on any atom is 0.275 e. The Morgan fingerprint density at radius 1 is 1.00 bits per heavy atom. The zero-order valence-corrected chi connectivity index (χ0v) is 22.5. The molecule has 1 atom stereocenters. The van der Waals surface area contributed by atoms with E-state index in [0.29, 0.717) is 25.9 Å². The van der Waals surface area contributed by atoms with E-state index in [1.807, 2.05) is 48.5 Å². The molecule has 2 heterocycles. The van der Waals surface area contributed by atoms with Crippen molar-refractivity contribution in [2.45, 2.75) is 36.4 Å². The molecule has 10 heteroatoms. The number of nitrogens with zero attached hydrogens (tertiary/aromatic N) is 1. The third-order valence-electron chi connectivity index (χ3n) is 7.57. The van der Waals surface area contributed by atoms with Gasteiger partial charge in [0, 0.05) is 19.3 Å². The molecule has 0 radical (unpaired) electrons. The van der Waals surface area contributed by atoms with Crippen molar-refractivity contribution in [3.05, 3.63) is 93.9 Å². The van der Waals surface area contributed by atoms with Gasteiger partial charge in [-0.1, -0.05) is 64.2 Å². The average Bonchev–Trinajstić information content (AvgIpc) is 3.18. The van der Waals surface area contributed by atoms with Crippen LogP contribution >= 0.6 is 9.24 Å². The van der Waals surface area contributed by atoms with E-state index in [4.69, 9.17) is 0 Å². The number of hydrogen-bond acceptors (Lipinski definition) is 4. The van der Waals surface area contributed by atoms with Gasteiger partial charge in [-0.2, -0.15) is 0 Å². The molecule has 0 saturated carbocycles. The van der Waals surface area contributed by atoms with E-state index < -0.39 is 29.1 Å². The molecular formula is C29H31F2N4O3P. The number of rotatable bonds is 10. The lowest BCUT2D eigenvalue weighted by atomic mass is 9.73. The summed E-state index contributed by atoms with van der Waals surface area (Å²) >= 11 is 0. The summed E-state index contributed by atoms with van der Waals surface area (Å²) in [6, 6.07) is 18.5. The van der Waals surface area contributed by atoms with E-state index in [2.05, 4.69) is 20.5 Å². The van der Waals surface area contributed by atoms with Gasteiger partial charge in [0.2, 0.25) is 5.91 Å². The molecule has 7 nitrogen and oxygen atoms in total. The third-order valence-corrected chi connectivity index (χ3v) is 7.77. The van der Waals surface area contributed by atoms with E-state index in [0.717, 1.165) is 35.2 Å². The first-order valence-corrected chi connectivity index (χ1v) is 13.6. The summed E-state index contributed by atoms with van der Waals surface area (Å²) < 4.78 is 27.3. The molecule has 1 aliphatic carbocycles. The Labute approximate surface area is 227 Å². The van der Waals surface area contributed by atoms with E-state index >= 15 is 0 Å². The minimum Gasteiger partial charge on any atom is -0.349 e. The number of H-pyrrole nitrogens is 1. The molecule has 2 aromatic carbocycles. The van der Waals surface area contributed by atoms with Crippen molar-refractivity contribution in [2.24, 2.45) is 0 Å². The van der Waals surface area contributed by atoms with Gasteiger partial charge in [-0.15, -0.1) is 0 Å². The van der Waals surface area contributed by atoms with Gasteiger partial charge in [0.25, 0.3) is 17.1 Å². The Kier molecular flexibility index (Phi) is 7.65. The number of hydrogen-bond donors (Lipinski definition) is 3. The summed E-state index contributed by atoms with van der Waals surface area (Å²) in [5, 5.41) is 5.41. The van der Waals surface area contributed by atoms with Crippen LogP contribution in [0.5, 0.6) is 0 Å². The number of aromatic nitrogens is 1. The molecule has 204 valence electrons. The highest BCUT2D eigenvalue weighted by molar-refractivity contribution is 7.18. The molecule has 3 N–H and O–H groups in total. The molecular weight excluding hydrogens is 521 g/mol. The number of unbranched alkanes of at least 4 members (excludes halogenated alkanes) is 1. The quantitative estimate of drug-likeness (QED) is 0.265. The maximum absolute atomic E-state index is 13.7. The van der Waals surface area contributed by atoms with Crippen molar-refractivity contribution in [1.29, 1.82) is 0 Å². The Morgan fingerprint density at radius 2 is 1.64 bits per heavy atom. The first kappa shape index (κ1) is 27.2. The fourth-order valence-electron chi connectivity index (χ4n) is 5.73. The van der Waals surface area contributed by atoms with Gasteiger partial charge < -0.3 is 15.6 Å². The molecule has 0 bridgehead atoms. The SMILES string of the molecule is O=C(NC1CN(CCCCC2(C(=O)NCC(F)(F)P)c3ccccc3-c3ccccc32)C1)c1ccc[nH]c1=O. The molecule has 5 rings (SSSR count). The van der Waals surface area contributed by atoms with Crippen LogP contribution in [-0.4, -0.2) is 59.6 Å². The molecule has 0 spiro atoms. The highest BCUT2D eigenvalue weighted by Crippen LogP contribution is 2.51. The summed E-state index contributed by atoms with van der Waals surface area (Å²) in [4.78, 5) is 42.6. The third kappa shape index (κ3) is 5.52. The highest BCUT2D eigenvalue weighted by Gasteiger charge is 2.48. The van der Waals surface area contributed by atoms with Crippen LogP contribution in [0.2, 0.25) is 0 Å². The van der Waals surface area contributed by atoms with Gasteiger partial charge in [0.1, 0.15) is 11.0 Å². The summed E-state index contributed by atoms with van der Waals surface area (Å²) in [6.45, 7) is 1.38. The molecule has 1 saturated heterocycles. The number of fused-ring (bicyclic) bond motifs is 3. The minimum absolute atomic E-state index is 0.0311. The van der Waals surface area contributed by atoms with Crippen LogP contribution in [0.4, 0.5) is 8.78 Å². The topological polar surface area (TPSA) is 94.3 Å². The first-order valence-electron chi connectivity index (χ1n) is 13.0. The number of pyridine rings is 1. The highest BCUT2D eigenvalue weighted by atomic mass is 31.0. The van der Waals surface area contributed by atoms with Gasteiger partial charge in [-0.3, -0.25) is 19.3 Å². The largest absolute Gasteiger partial charge is 0.349 e. The number of benzene rings is 2. The molecule has 1 aromatic heterocycles. The number of alkyl halides is 2. The van der Waals surface area contributed by atoms with Crippen LogP contribution in [0.15, 0.2) is 71.7 Å². The van der Waals surface area contributed by atoms with E-state index in [1.165, 1.54) is 21.5 Å². The summed E-state index contributed by atoms with van der Waals surface area (Å²) in [5.41, 5.74) is -0.851. The summed E-state index contributed by atoms with van der Waals surface area (Å²) in [5.74, 6) is -0.797. The molecule has 2 amide bonds. The van der Waals surface area contributed by atoms with Crippen molar-refractivity contribution < 1.29 is 18.4 Å². The lowest BCUT2D eigenvalue weighted by molar-refractivity contribution is -0.126. The first-order chi connectivity index (χ1) is 18.7. The molecule has 1 unspecified atom stereocenters. The van der Waals surface area contributed by atoms with E-state index in [-0.39, 0.29) is 17.5 Å². The average molecular weight is 553 g/mol.